The lowest BCUT2D eigenvalue weighted by atomic mass is 9.61. The van der Waals surface area contributed by atoms with Gasteiger partial charge in [0.2, 0.25) is 0 Å². The first-order chi connectivity index (χ1) is 18.1. The van der Waals surface area contributed by atoms with Gasteiger partial charge in [-0.3, -0.25) is 9.89 Å². The quantitative estimate of drug-likeness (QED) is 0.443. The summed E-state index contributed by atoms with van der Waals surface area (Å²) in [6.45, 7) is 7.00. The van der Waals surface area contributed by atoms with E-state index < -0.39 is 0 Å². The van der Waals surface area contributed by atoms with Crippen LogP contribution in [0, 0.1) is 11.8 Å². The molecule has 2 nitrogen and oxygen atoms in total. The molecule has 3 aliphatic heterocycles. The normalized spacial score (nSPS) is 33.1. The zero-order valence-electron chi connectivity index (χ0n) is 21.9. The third-order valence-corrected chi connectivity index (χ3v) is 9.52. The van der Waals surface area contributed by atoms with Crippen LogP contribution >= 0.6 is 0 Å². The SMILES string of the molecule is CC1(C)c2ccccc2C2C=CC=CC2N2CC3C=CC=C[C@@H]3C(c3ccc(C4=NCCC=C4)cc3)C21. The molecule has 0 bridgehead atoms. The van der Waals surface area contributed by atoms with Gasteiger partial charge in [0.15, 0.2) is 0 Å². The Bertz CT molecular complexity index is 1370. The van der Waals surface area contributed by atoms with Gasteiger partial charge in [-0.05, 0) is 46.6 Å². The smallest absolute Gasteiger partial charge is 0.0643 e. The van der Waals surface area contributed by atoms with Crippen LogP contribution in [0.4, 0.5) is 0 Å². The standard InChI is InChI=1S/C35H36N2/c1-35(2)30-15-7-5-13-28(30)29-14-6-8-17-32(29)37-23-26-11-3-4-12-27(26)33(34(35)37)25-20-18-24(19-21-25)31-16-9-10-22-36-31/h3-9,11-21,26-27,29,32-34H,10,22-23H2,1-2H3/t26?,27-,29?,32?,33?,34?/m0/s1. The van der Waals surface area contributed by atoms with E-state index in [1.165, 1.54) is 22.3 Å². The fraction of sp³-hybridized carbons (Fsp3) is 0.343. The van der Waals surface area contributed by atoms with Gasteiger partial charge in [0.05, 0.1) is 5.71 Å². The molecule has 2 aliphatic carbocycles. The van der Waals surface area contributed by atoms with E-state index in [0.717, 1.165) is 25.2 Å². The van der Waals surface area contributed by atoms with Crippen molar-refractivity contribution in [2.75, 3.05) is 13.1 Å². The van der Waals surface area contributed by atoms with Crippen molar-refractivity contribution in [2.45, 2.75) is 49.6 Å². The molecule has 6 atom stereocenters. The Morgan fingerprint density at radius 2 is 1.65 bits per heavy atom. The first kappa shape index (κ1) is 22.9. The minimum atomic E-state index is -0.00485. The van der Waals surface area contributed by atoms with Crippen LogP contribution in [0.2, 0.25) is 0 Å². The molecule has 0 N–H and O–H groups in total. The number of hydrogen-bond acceptors (Lipinski definition) is 2. The van der Waals surface area contributed by atoms with Crippen LogP contribution in [0.15, 0.2) is 114 Å². The summed E-state index contributed by atoms with van der Waals surface area (Å²) in [5.41, 5.74) is 6.80. The van der Waals surface area contributed by atoms with E-state index in [2.05, 4.69) is 128 Å². The van der Waals surface area contributed by atoms with Gasteiger partial charge in [-0.25, -0.2) is 0 Å². The highest BCUT2D eigenvalue weighted by atomic mass is 15.2. The molecule has 1 fully saturated rings. The second kappa shape index (κ2) is 8.96. The van der Waals surface area contributed by atoms with Gasteiger partial charge < -0.3 is 0 Å². The molecule has 5 unspecified atom stereocenters. The van der Waals surface area contributed by atoms with E-state index in [1.807, 2.05) is 0 Å². The molecule has 0 amide bonds. The Labute approximate surface area is 221 Å². The number of aliphatic imine (C=N–C) groups is 1. The molecule has 5 aliphatic rings. The Kier molecular flexibility index (Phi) is 5.55. The first-order valence-corrected chi connectivity index (χ1v) is 14.0. The topological polar surface area (TPSA) is 15.6 Å². The summed E-state index contributed by atoms with van der Waals surface area (Å²) in [5, 5.41) is 0. The van der Waals surface area contributed by atoms with Crippen molar-refractivity contribution in [3.8, 4) is 0 Å². The van der Waals surface area contributed by atoms with Gasteiger partial charge in [0, 0.05) is 42.4 Å². The van der Waals surface area contributed by atoms with Gasteiger partial charge in [-0.1, -0.05) is 117 Å². The van der Waals surface area contributed by atoms with E-state index in [-0.39, 0.29) is 5.41 Å². The van der Waals surface area contributed by atoms with Crippen molar-refractivity contribution >= 4 is 5.71 Å². The molecule has 0 aromatic heterocycles. The Hall–Kier alpha value is -3.23. The number of rotatable bonds is 2. The van der Waals surface area contributed by atoms with Crippen molar-refractivity contribution in [3.63, 3.8) is 0 Å². The number of dihydropyridines is 1. The molecule has 186 valence electrons. The molecule has 3 heterocycles. The summed E-state index contributed by atoms with van der Waals surface area (Å²) in [6, 6.07) is 19.4. The minimum Gasteiger partial charge on any atom is -0.291 e. The largest absolute Gasteiger partial charge is 0.291 e. The summed E-state index contributed by atoms with van der Waals surface area (Å²) in [6.07, 6.45) is 24.4. The van der Waals surface area contributed by atoms with E-state index in [1.54, 1.807) is 0 Å². The van der Waals surface area contributed by atoms with E-state index in [4.69, 9.17) is 4.99 Å². The lowest BCUT2D eigenvalue weighted by Crippen LogP contribution is -2.61. The number of fused-ring (bicyclic) bond motifs is 6. The molecule has 2 aromatic rings. The maximum absolute atomic E-state index is 4.77. The van der Waals surface area contributed by atoms with Crippen molar-refractivity contribution in [3.05, 3.63) is 132 Å². The molecule has 7 rings (SSSR count). The summed E-state index contributed by atoms with van der Waals surface area (Å²) in [5.74, 6) is 1.81. The highest BCUT2D eigenvalue weighted by Gasteiger charge is 2.54. The van der Waals surface area contributed by atoms with Crippen LogP contribution in [0.5, 0.6) is 0 Å². The molecule has 0 spiro atoms. The fourth-order valence-corrected chi connectivity index (χ4v) is 7.89. The molecule has 2 aromatic carbocycles. The van der Waals surface area contributed by atoms with E-state index in [9.17, 15) is 0 Å². The maximum Gasteiger partial charge on any atom is 0.0643 e. The second-order valence-corrected chi connectivity index (χ2v) is 11.9. The molecule has 0 radical (unpaired) electrons. The Morgan fingerprint density at radius 3 is 2.49 bits per heavy atom. The van der Waals surface area contributed by atoms with Gasteiger partial charge >= 0.3 is 0 Å². The monoisotopic (exact) mass is 484 g/mol. The first-order valence-electron chi connectivity index (χ1n) is 14.0. The molecule has 1 saturated heterocycles. The zero-order chi connectivity index (χ0) is 25.0. The number of benzene rings is 2. The number of nitrogens with zero attached hydrogens (tertiary/aromatic N) is 2. The van der Waals surface area contributed by atoms with Crippen molar-refractivity contribution in [1.82, 2.24) is 4.90 Å². The van der Waals surface area contributed by atoms with E-state index >= 15 is 0 Å². The van der Waals surface area contributed by atoms with Crippen LogP contribution in [-0.4, -0.2) is 35.8 Å². The predicted octanol–water partition coefficient (Wildman–Crippen LogP) is 7.13. The lowest BCUT2D eigenvalue weighted by molar-refractivity contribution is 0.0140. The van der Waals surface area contributed by atoms with Gasteiger partial charge in [-0.15, -0.1) is 0 Å². The molecular formula is C35H36N2. The lowest BCUT2D eigenvalue weighted by Gasteiger charge is -2.56. The van der Waals surface area contributed by atoms with Crippen LogP contribution in [0.3, 0.4) is 0 Å². The summed E-state index contributed by atoms with van der Waals surface area (Å²) < 4.78 is 0. The highest BCUT2D eigenvalue weighted by Crippen LogP contribution is 2.54. The van der Waals surface area contributed by atoms with Crippen LogP contribution < -0.4 is 0 Å². The van der Waals surface area contributed by atoms with Crippen molar-refractivity contribution < 1.29 is 0 Å². The average molecular weight is 485 g/mol. The van der Waals surface area contributed by atoms with Gasteiger partial charge in [0.25, 0.3) is 0 Å². The number of piperidine rings is 1. The van der Waals surface area contributed by atoms with E-state index in [0.29, 0.717) is 35.8 Å². The molecule has 37 heavy (non-hydrogen) atoms. The van der Waals surface area contributed by atoms with Crippen LogP contribution in [0.25, 0.3) is 0 Å². The summed E-state index contributed by atoms with van der Waals surface area (Å²) in [7, 11) is 0. The van der Waals surface area contributed by atoms with Gasteiger partial charge in [0.1, 0.15) is 0 Å². The molecule has 2 heteroatoms. The Balaban J connectivity index is 1.39. The summed E-state index contributed by atoms with van der Waals surface area (Å²) in [4.78, 5) is 7.64. The third kappa shape index (κ3) is 3.68. The zero-order valence-corrected chi connectivity index (χ0v) is 21.9. The molecular weight excluding hydrogens is 448 g/mol. The predicted molar refractivity (Wildman–Crippen MR) is 154 cm³/mol. The van der Waals surface area contributed by atoms with Crippen molar-refractivity contribution in [1.29, 1.82) is 0 Å². The number of hydrogen-bond donors (Lipinski definition) is 0. The molecule has 0 saturated carbocycles. The maximum atomic E-state index is 4.77. The van der Waals surface area contributed by atoms with Crippen molar-refractivity contribution in [2.24, 2.45) is 16.8 Å². The highest BCUT2D eigenvalue weighted by molar-refractivity contribution is 6.09. The average Bonchev–Trinajstić information content (AvgIpc) is 3.04. The fourth-order valence-electron chi connectivity index (χ4n) is 7.89. The second-order valence-electron chi connectivity index (χ2n) is 11.9. The van der Waals surface area contributed by atoms with Gasteiger partial charge in [-0.2, -0.15) is 0 Å². The number of allylic oxidation sites excluding steroid dienone is 6. The Morgan fingerprint density at radius 1 is 0.865 bits per heavy atom. The third-order valence-electron chi connectivity index (χ3n) is 9.52. The minimum absolute atomic E-state index is 0.00485. The summed E-state index contributed by atoms with van der Waals surface area (Å²) >= 11 is 0. The van der Waals surface area contributed by atoms with Crippen LogP contribution in [-0.2, 0) is 5.41 Å². The van der Waals surface area contributed by atoms with Crippen LogP contribution in [0.1, 0.15) is 54.4 Å².